The molecule has 0 fully saturated rings. The lowest BCUT2D eigenvalue weighted by atomic mass is 9.98. The van der Waals surface area contributed by atoms with Crippen LogP contribution in [0.1, 0.15) is 24.0 Å². The zero-order valence-electron chi connectivity index (χ0n) is 22.3. The molecule has 0 N–H and O–H groups in total. The minimum Gasteiger partial charge on any atom is -0.310 e. The van der Waals surface area contributed by atoms with Gasteiger partial charge in [0.1, 0.15) is 0 Å². The van der Waals surface area contributed by atoms with E-state index >= 15 is 0 Å². The summed E-state index contributed by atoms with van der Waals surface area (Å²) in [5.41, 5.74) is 12.6. The van der Waals surface area contributed by atoms with Crippen LogP contribution in [0.15, 0.2) is 146 Å². The molecule has 1 aliphatic carbocycles. The standard InChI is InChI=1S/C38H28N2/c1-26-31-16-8-9-17-32(31)33-22-20-29(24-35(26)33)39(27-12-4-2-5-13-27)30-21-23-38-36(25-30)34-18-10-11-19-37(34)40(38)28-14-6-3-7-15-28/h2-26H,1H3. The van der Waals surface area contributed by atoms with Crippen molar-refractivity contribution in [2.45, 2.75) is 12.8 Å². The molecule has 0 radical (unpaired) electrons. The van der Waals surface area contributed by atoms with Gasteiger partial charge in [0.05, 0.1) is 11.0 Å². The summed E-state index contributed by atoms with van der Waals surface area (Å²) in [6.45, 7) is 2.33. The number of benzene rings is 6. The van der Waals surface area contributed by atoms with E-state index in [1.807, 2.05) is 0 Å². The zero-order valence-corrected chi connectivity index (χ0v) is 22.3. The van der Waals surface area contributed by atoms with Gasteiger partial charge in [0, 0.05) is 39.4 Å². The van der Waals surface area contributed by atoms with Crippen molar-refractivity contribution >= 4 is 38.9 Å². The zero-order chi connectivity index (χ0) is 26.6. The van der Waals surface area contributed by atoms with Crippen molar-refractivity contribution in [2.24, 2.45) is 0 Å². The molecule has 1 unspecified atom stereocenters. The minimum absolute atomic E-state index is 0.370. The predicted octanol–water partition coefficient (Wildman–Crippen LogP) is 10.4. The maximum Gasteiger partial charge on any atom is 0.0542 e. The first-order valence-corrected chi connectivity index (χ1v) is 13.9. The Hall–Kier alpha value is -5.08. The number of hydrogen-bond donors (Lipinski definition) is 0. The second-order valence-electron chi connectivity index (χ2n) is 10.6. The molecule has 1 aromatic heterocycles. The molecule has 7 aromatic rings. The number of aromatic nitrogens is 1. The van der Waals surface area contributed by atoms with Crippen LogP contribution in [0.4, 0.5) is 17.1 Å². The molecular formula is C38H28N2. The third kappa shape index (κ3) is 3.43. The van der Waals surface area contributed by atoms with Gasteiger partial charge < -0.3 is 9.47 Å². The van der Waals surface area contributed by atoms with E-state index < -0.39 is 0 Å². The molecule has 0 bridgehead atoms. The van der Waals surface area contributed by atoms with Crippen molar-refractivity contribution < 1.29 is 0 Å². The normalized spacial score (nSPS) is 13.9. The van der Waals surface area contributed by atoms with Crippen LogP contribution in [0.3, 0.4) is 0 Å². The Morgan fingerprint density at radius 1 is 0.475 bits per heavy atom. The van der Waals surface area contributed by atoms with E-state index in [9.17, 15) is 0 Å². The van der Waals surface area contributed by atoms with Gasteiger partial charge in [-0.2, -0.15) is 0 Å². The molecule has 190 valence electrons. The molecule has 6 aromatic carbocycles. The molecule has 0 amide bonds. The summed E-state index contributed by atoms with van der Waals surface area (Å²) in [5, 5.41) is 2.51. The van der Waals surface area contributed by atoms with Gasteiger partial charge in [-0.1, -0.05) is 91.9 Å². The molecule has 0 spiro atoms. The van der Waals surface area contributed by atoms with Crippen molar-refractivity contribution in [3.05, 3.63) is 157 Å². The van der Waals surface area contributed by atoms with Gasteiger partial charge in [-0.3, -0.25) is 0 Å². The number of hydrogen-bond acceptors (Lipinski definition) is 1. The summed E-state index contributed by atoms with van der Waals surface area (Å²) in [5.74, 6) is 0.370. The highest BCUT2D eigenvalue weighted by Gasteiger charge is 2.26. The van der Waals surface area contributed by atoms with Gasteiger partial charge in [-0.15, -0.1) is 0 Å². The van der Waals surface area contributed by atoms with Gasteiger partial charge >= 0.3 is 0 Å². The first-order chi connectivity index (χ1) is 19.8. The highest BCUT2D eigenvalue weighted by Crippen LogP contribution is 2.47. The molecule has 1 heterocycles. The third-order valence-corrected chi connectivity index (χ3v) is 8.42. The summed E-state index contributed by atoms with van der Waals surface area (Å²) in [6.07, 6.45) is 0. The summed E-state index contributed by atoms with van der Waals surface area (Å²) >= 11 is 0. The van der Waals surface area contributed by atoms with Crippen LogP contribution >= 0.6 is 0 Å². The van der Waals surface area contributed by atoms with E-state index in [2.05, 4.69) is 162 Å². The topological polar surface area (TPSA) is 8.17 Å². The van der Waals surface area contributed by atoms with Crippen LogP contribution in [0.25, 0.3) is 38.6 Å². The van der Waals surface area contributed by atoms with Gasteiger partial charge in [0.15, 0.2) is 0 Å². The number of fused-ring (bicyclic) bond motifs is 6. The quantitative estimate of drug-likeness (QED) is 0.228. The summed E-state index contributed by atoms with van der Waals surface area (Å²) < 4.78 is 2.37. The lowest BCUT2D eigenvalue weighted by Crippen LogP contribution is -2.10. The highest BCUT2D eigenvalue weighted by atomic mass is 15.1. The average Bonchev–Trinajstić information content (AvgIpc) is 3.50. The van der Waals surface area contributed by atoms with E-state index in [1.54, 1.807) is 0 Å². The van der Waals surface area contributed by atoms with Crippen LogP contribution in [0.5, 0.6) is 0 Å². The van der Waals surface area contributed by atoms with E-state index in [0.717, 1.165) is 11.4 Å². The Morgan fingerprint density at radius 3 is 1.95 bits per heavy atom. The highest BCUT2D eigenvalue weighted by molar-refractivity contribution is 6.10. The van der Waals surface area contributed by atoms with Gasteiger partial charge in [-0.25, -0.2) is 0 Å². The predicted molar refractivity (Wildman–Crippen MR) is 168 cm³/mol. The Bertz CT molecular complexity index is 2020. The fourth-order valence-corrected chi connectivity index (χ4v) is 6.56. The van der Waals surface area contributed by atoms with Crippen molar-refractivity contribution in [1.82, 2.24) is 4.57 Å². The van der Waals surface area contributed by atoms with Crippen molar-refractivity contribution in [3.63, 3.8) is 0 Å². The van der Waals surface area contributed by atoms with Crippen molar-refractivity contribution in [2.75, 3.05) is 4.90 Å². The average molecular weight is 513 g/mol. The van der Waals surface area contributed by atoms with Gasteiger partial charge in [0.25, 0.3) is 0 Å². The molecule has 8 rings (SSSR count). The number of rotatable bonds is 4. The van der Waals surface area contributed by atoms with E-state index in [1.165, 1.54) is 55.4 Å². The van der Waals surface area contributed by atoms with Crippen LogP contribution < -0.4 is 4.90 Å². The molecule has 2 nitrogen and oxygen atoms in total. The van der Waals surface area contributed by atoms with Gasteiger partial charge in [-0.05, 0) is 82.9 Å². The molecule has 40 heavy (non-hydrogen) atoms. The number of para-hydroxylation sites is 3. The summed E-state index contributed by atoms with van der Waals surface area (Å²) in [7, 11) is 0. The van der Waals surface area contributed by atoms with Gasteiger partial charge in [0.2, 0.25) is 0 Å². The van der Waals surface area contributed by atoms with Crippen LogP contribution in [0.2, 0.25) is 0 Å². The summed E-state index contributed by atoms with van der Waals surface area (Å²) in [4.78, 5) is 2.39. The lowest BCUT2D eigenvalue weighted by Gasteiger charge is -2.26. The van der Waals surface area contributed by atoms with Crippen molar-refractivity contribution in [3.8, 4) is 16.8 Å². The molecule has 0 saturated carbocycles. The summed E-state index contributed by atoms with van der Waals surface area (Å²) in [6, 6.07) is 52.8. The molecule has 2 heteroatoms. The number of nitrogens with zero attached hydrogens (tertiary/aromatic N) is 2. The first kappa shape index (κ1) is 22.9. The maximum absolute atomic E-state index is 2.39. The fraction of sp³-hybridized carbons (Fsp3) is 0.0526. The Morgan fingerprint density at radius 2 is 1.10 bits per heavy atom. The van der Waals surface area contributed by atoms with E-state index in [-0.39, 0.29) is 0 Å². The molecule has 1 aliphatic rings. The Labute approximate surface area is 234 Å². The van der Waals surface area contributed by atoms with E-state index in [0.29, 0.717) is 5.92 Å². The lowest BCUT2D eigenvalue weighted by molar-refractivity contribution is 0.956. The van der Waals surface area contributed by atoms with Crippen LogP contribution in [-0.4, -0.2) is 4.57 Å². The molecule has 1 atom stereocenters. The van der Waals surface area contributed by atoms with Crippen molar-refractivity contribution in [1.29, 1.82) is 0 Å². The molecular weight excluding hydrogens is 484 g/mol. The monoisotopic (exact) mass is 512 g/mol. The minimum atomic E-state index is 0.370. The van der Waals surface area contributed by atoms with E-state index in [4.69, 9.17) is 0 Å². The largest absolute Gasteiger partial charge is 0.310 e. The maximum atomic E-state index is 2.39. The fourth-order valence-electron chi connectivity index (χ4n) is 6.56. The second kappa shape index (κ2) is 9.00. The second-order valence-corrected chi connectivity index (χ2v) is 10.6. The Balaban J connectivity index is 1.34. The smallest absolute Gasteiger partial charge is 0.0542 e. The van der Waals surface area contributed by atoms with Crippen LogP contribution in [-0.2, 0) is 0 Å². The SMILES string of the molecule is CC1c2ccccc2-c2ccc(N(c3ccccc3)c3ccc4c(c3)c3ccccc3n4-c3ccccc3)cc21. The number of anilines is 3. The molecule has 0 saturated heterocycles. The van der Waals surface area contributed by atoms with Crippen LogP contribution in [0, 0.1) is 0 Å². The first-order valence-electron chi connectivity index (χ1n) is 13.9. The Kier molecular flexibility index (Phi) is 5.14. The molecule has 0 aliphatic heterocycles. The third-order valence-electron chi connectivity index (χ3n) is 8.42.